The number of anilines is 1. The van der Waals surface area contributed by atoms with Gasteiger partial charge in [0.25, 0.3) is 5.91 Å². The van der Waals surface area contributed by atoms with Crippen molar-refractivity contribution in [2.45, 2.75) is 0 Å². The molecule has 0 saturated heterocycles. The number of nitrogens with one attached hydrogen (secondary N) is 1. The number of nitrogen functional groups attached to an aromatic ring is 1. The first-order chi connectivity index (χ1) is 9.15. The number of rotatable bonds is 3. The van der Waals surface area contributed by atoms with E-state index in [2.05, 4.69) is 10.5 Å². The van der Waals surface area contributed by atoms with Gasteiger partial charge in [-0.15, -0.1) is 0 Å². The highest BCUT2D eigenvalue weighted by Gasteiger charge is 2.02. The number of hydrogen-bond donors (Lipinski definition) is 2. The van der Waals surface area contributed by atoms with Crippen LogP contribution in [0.5, 0.6) is 0 Å². The van der Waals surface area contributed by atoms with Crippen LogP contribution in [0.1, 0.15) is 15.9 Å². The van der Waals surface area contributed by atoms with Crippen LogP contribution in [0.2, 0.25) is 0 Å². The van der Waals surface area contributed by atoms with Crippen LogP contribution in [0.15, 0.2) is 53.6 Å². The fourth-order valence-corrected chi connectivity index (χ4v) is 1.41. The van der Waals surface area contributed by atoms with Gasteiger partial charge in [-0.3, -0.25) is 4.79 Å². The van der Waals surface area contributed by atoms with E-state index in [1.807, 2.05) is 0 Å². The average Bonchev–Trinajstić information content (AvgIpc) is 2.41. The van der Waals surface area contributed by atoms with Crippen molar-refractivity contribution < 1.29 is 9.18 Å². The van der Waals surface area contributed by atoms with Crippen LogP contribution >= 0.6 is 0 Å². The Bertz CT molecular complexity index is 591. The molecule has 0 saturated carbocycles. The average molecular weight is 257 g/mol. The second kappa shape index (κ2) is 5.77. The summed E-state index contributed by atoms with van der Waals surface area (Å²) in [5.41, 5.74) is 9.65. The molecule has 96 valence electrons. The molecule has 2 rings (SSSR count). The Kier molecular flexibility index (Phi) is 3.87. The van der Waals surface area contributed by atoms with E-state index >= 15 is 0 Å². The third kappa shape index (κ3) is 3.64. The molecule has 0 aliphatic heterocycles. The van der Waals surface area contributed by atoms with Gasteiger partial charge in [0, 0.05) is 11.3 Å². The van der Waals surface area contributed by atoms with Crippen LogP contribution in [0.25, 0.3) is 0 Å². The molecule has 0 atom stereocenters. The van der Waals surface area contributed by atoms with E-state index in [1.54, 1.807) is 36.4 Å². The summed E-state index contributed by atoms with van der Waals surface area (Å²) in [4.78, 5) is 11.7. The summed E-state index contributed by atoms with van der Waals surface area (Å²) in [5, 5.41) is 3.79. The normalized spacial score (nSPS) is 10.6. The Labute approximate surface area is 109 Å². The lowest BCUT2D eigenvalue weighted by atomic mass is 10.2. The maximum atomic E-state index is 12.7. The molecule has 0 unspecified atom stereocenters. The Morgan fingerprint density at radius 2 is 1.74 bits per heavy atom. The minimum Gasteiger partial charge on any atom is -0.399 e. The zero-order valence-electron chi connectivity index (χ0n) is 10.0. The summed E-state index contributed by atoms with van der Waals surface area (Å²) in [6.45, 7) is 0. The van der Waals surface area contributed by atoms with E-state index in [0.29, 0.717) is 16.8 Å². The number of hydrazone groups is 1. The molecule has 0 fully saturated rings. The number of nitrogens with zero attached hydrogens (tertiary/aromatic N) is 1. The lowest BCUT2D eigenvalue weighted by molar-refractivity contribution is 0.0955. The topological polar surface area (TPSA) is 67.5 Å². The van der Waals surface area contributed by atoms with Crippen molar-refractivity contribution in [3.05, 3.63) is 65.5 Å². The molecule has 1 amide bonds. The summed E-state index contributed by atoms with van der Waals surface area (Å²) < 4.78 is 12.7. The van der Waals surface area contributed by atoms with Gasteiger partial charge in [0.2, 0.25) is 0 Å². The third-order valence-electron chi connectivity index (χ3n) is 2.42. The second-order valence-electron chi connectivity index (χ2n) is 3.87. The molecular weight excluding hydrogens is 245 g/mol. The van der Waals surface area contributed by atoms with Gasteiger partial charge in [0.1, 0.15) is 5.82 Å². The molecule has 2 aromatic rings. The summed E-state index contributed by atoms with van der Waals surface area (Å²) in [5.74, 6) is -0.651. The molecule has 0 aliphatic rings. The first-order valence-electron chi connectivity index (χ1n) is 5.59. The highest BCUT2D eigenvalue weighted by molar-refractivity contribution is 5.95. The van der Waals surface area contributed by atoms with E-state index in [9.17, 15) is 9.18 Å². The number of hydrogen-bond acceptors (Lipinski definition) is 3. The fraction of sp³-hybridized carbons (Fsp3) is 0. The molecule has 5 heteroatoms. The second-order valence-corrected chi connectivity index (χ2v) is 3.87. The van der Waals surface area contributed by atoms with E-state index in [0.717, 1.165) is 0 Å². The molecule has 19 heavy (non-hydrogen) atoms. The SMILES string of the molecule is Nc1ccc(C(=O)N/N=C/c2ccc(F)cc2)cc1. The van der Waals surface area contributed by atoms with Gasteiger partial charge in [-0.25, -0.2) is 9.82 Å². The number of nitrogens with two attached hydrogens (primary N) is 1. The van der Waals surface area contributed by atoms with E-state index < -0.39 is 0 Å². The molecule has 0 spiro atoms. The van der Waals surface area contributed by atoms with Crippen LogP contribution in [-0.4, -0.2) is 12.1 Å². The van der Waals surface area contributed by atoms with Gasteiger partial charge in [0.15, 0.2) is 0 Å². The molecule has 0 heterocycles. The first kappa shape index (κ1) is 12.8. The summed E-state index contributed by atoms with van der Waals surface area (Å²) >= 11 is 0. The maximum absolute atomic E-state index is 12.7. The van der Waals surface area contributed by atoms with E-state index in [-0.39, 0.29) is 11.7 Å². The predicted octanol–water partition coefficient (Wildman–Crippen LogP) is 2.17. The minimum absolute atomic E-state index is 0.317. The Morgan fingerprint density at radius 1 is 1.11 bits per heavy atom. The van der Waals surface area contributed by atoms with Crippen LogP contribution in [0, 0.1) is 5.82 Å². The van der Waals surface area contributed by atoms with Gasteiger partial charge in [-0.05, 0) is 42.0 Å². The van der Waals surface area contributed by atoms with Crippen LogP contribution in [0.3, 0.4) is 0 Å². The quantitative estimate of drug-likeness (QED) is 0.502. The van der Waals surface area contributed by atoms with E-state index in [4.69, 9.17) is 5.73 Å². The molecule has 0 aromatic heterocycles. The molecule has 4 nitrogen and oxygen atoms in total. The van der Waals surface area contributed by atoms with Crippen molar-refractivity contribution in [2.75, 3.05) is 5.73 Å². The highest BCUT2D eigenvalue weighted by atomic mass is 19.1. The van der Waals surface area contributed by atoms with Crippen molar-refractivity contribution in [1.82, 2.24) is 5.43 Å². The molecule has 2 aromatic carbocycles. The van der Waals surface area contributed by atoms with Crippen molar-refractivity contribution in [2.24, 2.45) is 5.10 Å². The Hall–Kier alpha value is -2.69. The molecule has 0 bridgehead atoms. The number of halogens is 1. The van der Waals surface area contributed by atoms with Gasteiger partial charge in [0.05, 0.1) is 6.21 Å². The number of carbonyl (C=O) groups is 1. The number of benzene rings is 2. The maximum Gasteiger partial charge on any atom is 0.271 e. The van der Waals surface area contributed by atoms with Gasteiger partial charge >= 0.3 is 0 Å². The summed E-state index contributed by atoms with van der Waals surface area (Å²) in [6.07, 6.45) is 1.44. The summed E-state index contributed by atoms with van der Waals surface area (Å²) in [7, 11) is 0. The first-order valence-corrected chi connectivity index (χ1v) is 5.59. The standard InChI is InChI=1S/C14H12FN3O/c15-12-5-1-10(2-6-12)9-17-18-14(19)11-3-7-13(16)8-4-11/h1-9H,16H2,(H,18,19)/b17-9+. The van der Waals surface area contributed by atoms with E-state index in [1.165, 1.54) is 18.3 Å². The minimum atomic E-state index is -0.335. The van der Waals surface area contributed by atoms with Gasteiger partial charge < -0.3 is 5.73 Å². The van der Waals surface area contributed by atoms with Crippen LogP contribution in [-0.2, 0) is 0 Å². The number of amides is 1. The van der Waals surface area contributed by atoms with Crippen molar-refractivity contribution in [3.8, 4) is 0 Å². The lowest BCUT2D eigenvalue weighted by Gasteiger charge is -2.00. The van der Waals surface area contributed by atoms with Gasteiger partial charge in [-0.1, -0.05) is 12.1 Å². The Morgan fingerprint density at radius 3 is 2.37 bits per heavy atom. The summed E-state index contributed by atoms with van der Waals surface area (Å²) in [6, 6.07) is 12.3. The van der Waals surface area contributed by atoms with Crippen molar-refractivity contribution in [3.63, 3.8) is 0 Å². The smallest absolute Gasteiger partial charge is 0.271 e. The fourth-order valence-electron chi connectivity index (χ4n) is 1.41. The van der Waals surface area contributed by atoms with Crippen molar-refractivity contribution >= 4 is 17.8 Å². The highest BCUT2D eigenvalue weighted by Crippen LogP contribution is 2.05. The van der Waals surface area contributed by atoms with Gasteiger partial charge in [-0.2, -0.15) is 5.10 Å². The van der Waals surface area contributed by atoms with Crippen LogP contribution in [0.4, 0.5) is 10.1 Å². The lowest BCUT2D eigenvalue weighted by Crippen LogP contribution is -2.17. The zero-order valence-corrected chi connectivity index (χ0v) is 10.0. The Balaban J connectivity index is 1.96. The molecule has 3 N–H and O–H groups in total. The van der Waals surface area contributed by atoms with Crippen LogP contribution < -0.4 is 11.2 Å². The number of carbonyl (C=O) groups excluding carboxylic acids is 1. The third-order valence-corrected chi connectivity index (χ3v) is 2.42. The monoisotopic (exact) mass is 257 g/mol. The molecule has 0 radical (unpaired) electrons. The van der Waals surface area contributed by atoms with Crippen molar-refractivity contribution in [1.29, 1.82) is 0 Å². The predicted molar refractivity (Wildman–Crippen MR) is 72.3 cm³/mol. The molecular formula is C14H12FN3O. The zero-order chi connectivity index (χ0) is 13.7. The molecule has 0 aliphatic carbocycles. The largest absolute Gasteiger partial charge is 0.399 e.